The van der Waals surface area contributed by atoms with E-state index in [-0.39, 0.29) is 4.90 Å². The Bertz CT molecular complexity index is 1410. The second-order valence-electron chi connectivity index (χ2n) is 7.66. The molecule has 0 atom stereocenters. The Balaban J connectivity index is 1.46. The molecule has 0 bridgehead atoms. The van der Waals surface area contributed by atoms with E-state index < -0.39 is 10.0 Å². The number of halogens is 1. The van der Waals surface area contributed by atoms with Gasteiger partial charge in [-0.3, -0.25) is 4.72 Å². The molecule has 4 aromatic rings. The molecule has 0 aliphatic carbocycles. The maximum atomic E-state index is 12.7. The van der Waals surface area contributed by atoms with Gasteiger partial charge in [0.25, 0.3) is 10.0 Å². The van der Waals surface area contributed by atoms with Crippen molar-refractivity contribution >= 4 is 38.8 Å². The van der Waals surface area contributed by atoms with Crippen molar-refractivity contribution in [2.24, 2.45) is 0 Å². The van der Waals surface area contributed by atoms with Crippen LogP contribution in [0.1, 0.15) is 22.5 Å². The van der Waals surface area contributed by atoms with Crippen molar-refractivity contribution in [3.05, 3.63) is 82.1 Å². The van der Waals surface area contributed by atoms with Crippen LogP contribution in [0.2, 0.25) is 5.02 Å². The van der Waals surface area contributed by atoms with Crippen LogP contribution in [0.5, 0.6) is 0 Å². The Morgan fingerprint density at radius 1 is 0.848 bits per heavy atom. The van der Waals surface area contributed by atoms with Gasteiger partial charge in [-0.15, -0.1) is 10.2 Å². The highest BCUT2D eigenvalue weighted by molar-refractivity contribution is 7.92. The highest BCUT2D eigenvalue weighted by atomic mass is 35.5. The lowest BCUT2D eigenvalue weighted by atomic mass is 10.2. The van der Waals surface area contributed by atoms with E-state index in [1.165, 1.54) is 6.07 Å². The van der Waals surface area contributed by atoms with Gasteiger partial charge in [0.15, 0.2) is 11.6 Å². The molecule has 4 rings (SSSR count). The number of benzene rings is 2. The summed E-state index contributed by atoms with van der Waals surface area (Å²) in [5.74, 6) is 1.19. The van der Waals surface area contributed by atoms with Crippen molar-refractivity contribution in [3.63, 3.8) is 0 Å². The average Bonchev–Trinajstić information content (AvgIpc) is 3.04. The van der Waals surface area contributed by atoms with Crippen LogP contribution >= 0.6 is 11.6 Å². The summed E-state index contributed by atoms with van der Waals surface area (Å²) in [5.41, 5.74) is 4.77. The summed E-state index contributed by atoms with van der Waals surface area (Å²) < 4.78 is 29.8. The van der Waals surface area contributed by atoms with E-state index >= 15 is 0 Å². The van der Waals surface area contributed by atoms with Crippen LogP contribution in [0, 0.1) is 27.7 Å². The molecule has 2 aromatic carbocycles. The van der Waals surface area contributed by atoms with Crippen molar-refractivity contribution in [2.75, 3.05) is 10.0 Å². The third-order valence-electron chi connectivity index (χ3n) is 5.44. The normalized spacial score (nSPS) is 11.4. The zero-order chi connectivity index (χ0) is 23.8. The lowest BCUT2D eigenvalue weighted by molar-refractivity contribution is 0.600. The number of aromatic nitrogens is 4. The minimum absolute atomic E-state index is 0.144. The smallest absolute Gasteiger partial charge is 0.262 e. The predicted molar refractivity (Wildman–Crippen MR) is 130 cm³/mol. The monoisotopic (exact) mass is 482 g/mol. The van der Waals surface area contributed by atoms with E-state index in [0.717, 1.165) is 22.6 Å². The van der Waals surface area contributed by atoms with Crippen molar-refractivity contribution in [1.29, 1.82) is 0 Å². The topological polar surface area (TPSA) is 102 Å². The van der Waals surface area contributed by atoms with Crippen LogP contribution in [0.3, 0.4) is 0 Å². The molecule has 0 radical (unpaired) electrons. The number of nitrogens with zero attached hydrogens (tertiary/aromatic N) is 4. The Morgan fingerprint density at radius 3 is 2.15 bits per heavy atom. The number of aryl methyl sites for hydroxylation is 1. The van der Waals surface area contributed by atoms with Crippen molar-refractivity contribution < 1.29 is 8.42 Å². The fourth-order valence-electron chi connectivity index (χ4n) is 3.31. The van der Waals surface area contributed by atoms with Gasteiger partial charge in [-0.2, -0.15) is 5.10 Å². The maximum absolute atomic E-state index is 12.7. The van der Waals surface area contributed by atoms with Crippen LogP contribution in [-0.2, 0) is 10.0 Å². The van der Waals surface area contributed by atoms with Crippen LogP contribution in [0.15, 0.2) is 59.5 Å². The molecule has 10 heteroatoms. The number of sulfonamides is 1. The molecule has 0 aliphatic heterocycles. The number of hydrogen-bond donors (Lipinski definition) is 2. The third-order valence-corrected chi connectivity index (χ3v) is 7.37. The Hall–Kier alpha value is -3.43. The summed E-state index contributed by atoms with van der Waals surface area (Å²) in [4.78, 5) is 0.144. The first kappa shape index (κ1) is 22.8. The van der Waals surface area contributed by atoms with Gasteiger partial charge in [-0.25, -0.2) is 13.1 Å². The van der Waals surface area contributed by atoms with E-state index in [1.807, 2.05) is 32.9 Å². The molecule has 8 nitrogen and oxygen atoms in total. The molecule has 2 heterocycles. The van der Waals surface area contributed by atoms with Crippen LogP contribution in [0.4, 0.5) is 17.2 Å². The van der Waals surface area contributed by atoms with Gasteiger partial charge in [0, 0.05) is 22.1 Å². The largest absolute Gasteiger partial charge is 0.339 e. The summed E-state index contributed by atoms with van der Waals surface area (Å²) >= 11 is 6.06. The SMILES string of the molecule is Cc1nn(-c2ccc(Nc3ccc(NS(=O)(=O)c4cccc(Cl)c4C)cc3)nn2)c(C)c1C. The first-order chi connectivity index (χ1) is 15.7. The van der Waals surface area contributed by atoms with Gasteiger partial charge < -0.3 is 5.32 Å². The van der Waals surface area contributed by atoms with Crippen LogP contribution in [0.25, 0.3) is 5.82 Å². The molecule has 2 N–H and O–H groups in total. The fourth-order valence-corrected chi connectivity index (χ4v) is 4.86. The van der Waals surface area contributed by atoms with Crippen LogP contribution < -0.4 is 10.0 Å². The minimum Gasteiger partial charge on any atom is -0.339 e. The first-order valence-electron chi connectivity index (χ1n) is 10.2. The Labute approximate surface area is 197 Å². The van der Waals surface area contributed by atoms with E-state index in [9.17, 15) is 8.42 Å². The van der Waals surface area contributed by atoms with E-state index in [0.29, 0.717) is 27.9 Å². The van der Waals surface area contributed by atoms with Gasteiger partial charge in [-0.05, 0) is 87.4 Å². The first-order valence-corrected chi connectivity index (χ1v) is 12.0. The second-order valence-corrected chi connectivity index (χ2v) is 9.71. The lowest BCUT2D eigenvalue weighted by Gasteiger charge is -2.12. The quantitative estimate of drug-likeness (QED) is 0.396. The molecule has 170 valence electrons. The van der Waals surface area contributed by atoms with E-state index in [2.05, 4.69) is 25.3 Å². The molecule has 2 aromatic heterocycles. The lowest BCUT2D eigenvalue weighted by Crippen LogP contribution is -2.14. The van der Waals surface area contributed by atoms with Crippen molar-refractivity contribution in [1.82, 2.24) is 20.0 Å². The third kappa shape index (κ3) is 4.69. The summed E-state index contributed by atoms with van der Waals surface area (Å²) in [6.45, 7) is 7.65. The number of hydrogen-bond acceptors (Lipinski definition) is 6. The van der Waals surface area contributed by atoms with Gasteiger partial charge in [0.2, 0.25) is 0 Å². The molecule has 0 unspecified atom stereocenters. The highest BCUT2D eigenvalue weighted by Gasteiger charge is 2.18. The fraction of sp³-hybridized carbons (Fsp3) is 0.174. The summed E-state index contributed by atoms with van der Waals surface area (Å²) in [6.07, 6.45) is 0. The standard InChI is InChI=1S/C23H23ClN6O2S/c1-14-16(3)28-30(17(14)4)23-13-12-22(26-27-23)25-18-8-10-19(11-9-18)29-33(31,32)21-7-5-6-20(24)15(21)2/h5-13,29H,1-4H3,(H,25,26). The van der Waals surface area contributed by atoms with Crippen molar-refractivity contribution in [3.8, 4) is 5.82 Å². The Morgan fingerprint density at radius 2 is 1.55 bits per heavy atom. The van der Waals surface area contributed by atoms with Gasteiger partial charge in [-0.1, -0.05) is 17.7 Å². The molecule has 33 heavy (non-hydrogen) atoms. The van der Waals surface area contributed by atoms with Crippen LogP contribution in [-0.4, -0.2) is 28.4 Å². The summed E-state index contributed by atoms with van der Waals surface area (Å²) in [5, 5.41) is 16.5. The molecule has 0 aliphatic rings. The Kier molecular flexibility index (Phi) is 6.09. The molecule has 0 fully saturated rings. The van der Waals surface area contributed by atoms with E-state index in [4.69, 9.17) is 11.6 Å². The maximum Gasteiger partial charge on any atom is 0.262 e. The number of nitrogens with one attached hydrogen (secondary N) is 2. The summed E-state index contributed by atoms with van der Waals surface area (Å²) in [6, 6.07) is 15.3. The predicted octanol–water partition coefficient (Wildman–Crippen LogP) is 5.09. The molecular weight excluding hydrogens is 460 g/mol. The molecule has 0 saturated heterocycles. The zero-order valence-electron chi connectivity index (χ0n) is 18.6. The summed E-state index contributed by atoms with van der Waals surface area (Å²) in [7, 11) is -3.76. The second kappa shape index (κ2) is 8.84. The zero-order valence-corrected chi connectivity index (χ0v) is 20.2. The van der Waals surface area contributed by atoms with Gasteiger partial charge in [0.1, 0.15) is 0 Å². The average molecular weight is 483 g/mol. The van der Waals surface area contributed by atoms with Crippen molar-refractivity contribution in [2.45, 2.75) is 32.6 Å². The number of rotatable bonds is 6. The highest BCUT2D eigenvalue weighted by Crippen LogP contribution is 2.26. The molecule has 0 amide bonds. The van der Waals surface area contributed by atoms with Gasteiger partial charge in [0.05, 0.1) is 10.6 Å². The number of anilines is 3. The minimum atomic E-state index is -3.76. The van der Waals surface area contributed by atoms with E-state index in [1.54, 1.807) is 48.0 Å². The molecule has 0 saturated carbocycles. The van der Waals surface area contributed by atoms with Gasteiger partial charge >= 0.3 is 0 Å². The molecule has 0 spiro atoms. The molecular formula is C23H23ClN6O2S.